The summed E-state index contributed by atoms with van der Waals surface area (Å²) in [6, 6.07) is 16.0. The fourth-order valence-corrected chi connectivity index (χ4v) is 1.95. The van der Waals surface area contributed by atoms with Gasteiger partial charge in [-0.1, -0.05) is 36.4 Å². The zero-order valence-electron chi connectivity index (χ0n) is 11.1. The van der Waals surface area contributed by atoms with E-state index in [0.717, 1.165) is 17.8 Å². The van der Waals surface area contributed by atoms with Gasteiger partial charge >= 0.3 is 0 Å². The van der Waals surface area contributed by atoms with Crippen LogP contribution in [-0.2, 0) is 24.5 Å². The average molecular weight is 257 g/mol. The maximum Gasteiger partial charge on any atom is 0.0716 e. The number of rotatable bonds is 6. The predicted octanol–water partition coefficient (Wildman–Crippen LogP) is 2.94. The number of hydrogen-bond donors (Lipinski definition) is 2. The molecule has 100 valence electrons. The number of hydrogen-bond acceptors (Lipinski definition) is 3. The Kier molecular flexibility index (Phi) is 4.95. The third-order valence-corrected chi connectivity index (χ3v) is 3.04. The molecule has 0 bridgehead atoms. The maximum atomic E-state index is 9.00. The van der Waals surface area contributed by atoms with Gasteiger partial charge in [0.15, 0.2) is 0 Å². The second kappa shape index (κ2) is 6.92. The fourth-order valence-electron chi connectivity index (χ4n) is 1.95. The van der Waals surface area contributed by atoms with Gasteiger partial charge in [-0.2, -0.15) is 0 Å². The molecule has 0 aliphatic carbocycles. The van der Waals surface area contributed by atoms with Gasteiger partial charge in [0.2, 0.25) is 0 Å². The topological polar surface area (TPSA) is 41.5 Å². The van der Waals surface area contributed by atoms with Gasteiger partial charge < -0.3 is 15.2 Å². The Hall–Kier alpha value is -1.84. The van der Waals surface area contributed by atoms with Crippen molar-refractivity contribution in [1.82, 2.24) is 0 Å². The molecule has 0 atom stereocenters. The minimum Gasteiger partial charge on any atom is -0.392 e. The summed E-state index contributed by atoms with van der Waals surface area (Å²) in [6.07, 6.45) is 0. The second-order valence-corrected chi connectivity index (χ2v) is 4.41. The summed E-state index contributed by atoms with van der Waals surface area (Å²) >= 11 is 0. The Balaban J connectivity index is 2.01. The molecule has 2 aromatic rings. The summed E-state index contributed by atoms with van der Waals surface area (Å²) in [5.74, 6) is 0. The van der Waals surface area contributed by atoms with E-state index in [9.17, 15) is 0 Å². The summed E-state index contributed by atoms with van der Waals surface area (Å²) in [5.41, 5.74) is 4.40. The van der Waals surface area contributed by atoms with Crippen molar-refractivity contribution in [1.29, 1.82) is 0 Å². The van der Waals surface area contributed by atoms with Crippen molar-refractivity contribution in [2.24, 2.45) is 0 Å². The first-order chi connectivity index (χ1) is 9.33. The lowest BCUT2D eigenvalue weighted by Gasteiger charge is -2.11. The van der Waals surface area contributed by atoms with E-state index in [1.54, 1.807) is 7.11 Å². The van der Waals surface area contributed by atoms with E-state index < -0.39 is 0 Å². The first kappa shape index (κ1) is 13.6. The molecule has 0 unspecified atom stereocenters. The monoisotopic (exact) mass is 257 g/mol. The number of nitrogens with one attached hydrogen (secondary N) is 1. The Morgan fingerprint density at radius 1 is 1.00 bits per heavy atom. The van der Waals surface area contributed by atoms with E-state index in [1.807, 2.05) is 36.4 Å². The standard InChI is InChI=1S/C16H19NO2/c1-19-12-15-5-3-2-4-14(15)10-17-16-8-6-13(11-18)7-9-16/h2-9,17-18H,10-12H2,1H3. The quantitative estimate of drug-likeness (QED) is 0.836. The Bertz CT molecular complexity index is 508. The van der Waals surface area contributed by atoms with E-state index in [2.05, 4.69) is 17.4 Å². The Morgan fingerprint density at radius 2 is 1.68 bits per heavy atom. The number of aliphatic hydroxyl groups is 1. The van der Waals surface area contributed by atoms with Crippen LogP contribution in [0.15, 0.2) is 48.5 Å². The Labute approximate surface area is 113 Å². The highest BCUT2D eigenvalue weighted by Gasteiger charge is 2.01. The molecule has 3 nitrogen and oxygen atoms in total. The van der Waals surface area contributed by atoms with Crippen LogP contribution in [0.25, 0.3) is 0 Å². The molecule has 0 aromatic heterocycles. The Morgan fingerprint density at radius 3 is 2.32 bits per heavy atom. The summed E-state index contributed by atoms with van der Waals surface area (Å²) in [6.45, 7) is 1.47. The van der Waals surface area contributed by atoms with Crippen molar-refractivity contribution in [3.63, 3.8) is 0 Å². The average Bonchev–Trinajstić information content (AvgIpc) is 2.47. The third kappa shape index (κ3) is 3.81. The number of aliphatic hydroxyl groups excluding tert-OH is 1. The minimum absolute atomic E-state index is 0.0803. The van der Waals surface area contributed by atoms with Gasteiger partial charge in [0.25, 0.3) is 0 Å². The molecule has 0 aliphatic heterocycles. The van der Waals surface area contributed by atoms with E-state index in [-0.39, 0.29) is 6.61 Å². The minimum atomic E-state index is 0.0803. The molecule has 2 rings (SSSR count). The maximum absolute atomic E-state index is 9.00. The predicted molar refractivity (Wildman–Crippen MR) is 76.8 cm³/mol. The van der Waals surface area contributed by atoms with Gasteiger partial charge in [-0.15, -0.1) is 0 Å². The van der Waals surface area contributed by atoms with Gasteiger partial charge in [0, 0.05) is 19.3 Å². The molecule has 2 aromatic carbocycles. The van der Waals surface area contributed by atoms with Crippen LogP contribution in [0.4, 0.5) is 5.69 Å². The highest BCUT2D eigenvalue weighted by Crippen LogP contribution is 2.14. The molecule has 0 spiro atoms. The van der Waals surface area contributed by atoms with Crippen molar-refractivity contribution in [3.05, 3.63) is 65.2 Å². The molecule has 0 fully saturated rings. The first-order valence-corrected chi connectivity index (χ1v) is 6.33. The summed E-state index contributed by atoms with van der Waals surface area (Å²) in [7, 11) is 1.71. The lowest BCUT2D eigenvalue weighted by Crippen LogP contribution is -2.03. The highest BCUT2D eigenvalue weighted by atomic mass is 16.5. The van der Waals surface area contributed by atoms with Gasteiger partial charge in [-0.3, -0.25) is 0 Å². The lowest BCUT2D eigenvalue weighted by molar-refractivity contribution is 0.184. The number of ether oxygens (including phenoxy) is 1. The fraction of sp³-hybridized carbons (Fsp3) is 0.250. The molecule has 0 amide bonds. The summed E-state index contributed by atoms with van der Waals surface area (Å²) in [5, 5.41) is 12.4. The van der Waals surface area contributed by atoms with Crippen LogP contribution >= 0.6 is 0 Å². The zero-order valence-corrected chi connectivity index (χ0v) is 11.1. The highest BCUT2D eigenvalue weighted by molar-refractivity contribution is 5.45. The van der Waals surface area contributed by atoms with Crippen molar-refractivity contribution >= 4 is 5.69 Å². The van der Waals surface area contributed by atoms with Crippen molar-refractivity contribution in [3.8, 4) is 0 Å². The van der Waals surface area contributed by atoms with Crippen molar-refractivity contribution in [2.75, 3.05) is 12.4 Å². The van der Waals surface area contributed by atoms with Crippen LogP contribution in [0.1, 0.15) is 16.7 Å². The van der Waals surface area contributed by atoms with Crippen molar-refractivity contribution in [2.45, 2.75) is 19.8 Å². The SMILES string of the molecule is COCc1ccccc1CNc1ccc(CO)cc1. The largest absolute Gasteiger partial charge is 0.392 e. The van der Waals surface area contributed by atoms with Gasteiger partial charge in [-0.05, 0) is 28.8 Å². The van der Waals surface area contributed by atoms with E-state index in [1.165, 1.54) is 11.1 Å². The zero-order chi connectivity index (χ0) is 13.5. The summed E-state index contributed by atoms with van der Waals surface area (Å²) < 4.78 is 5.20. The molecule has 2 N–H and O–H groups in total. The van der Waals surface area contributed by atoms with Crippen LogP contribution in [0.5, 0.6) is 0 Å². The van der Waals surface area contributed by atoms with Crippen LogP contribution in [0.3, 0.4) is 0 Å². The number of methoxy groups -OCH3 is 1. The van der Waals surface area contributed by atoms with Crippen LogP contribution in [-0.4, -0.2) is 12.2 Å². The molecular weight excluding hydrogens is 238 g/mol. The van der Waals surface area contributed by atoms with Gasteiger partial charge in [-0.25, -0.2) is 0 Å². The molecule has 0 radical (unpaired) electrons. The molecule has 19 heavy (non-hydrogen) atoms. The van der Waals surface area contributed by atoms with Crippen molar-refractivity contribution < 1.29 is 9.84 Å². The van der Waals surface area contributed by atoms with Gasteiger partial charge in [0.05, 0.1) is 13.2 Å². The molecule has 0 saturated carbocycles. The lowest BCUT2D eigenvalue weighted by atomic mass is 10.1. The number of anilines is 1. The van der Waals surface area contributed by atoms with E-state index >= 15 is 0 Å². The molecule has 0 aliphatic rings. The molecule has 0 heterocycles. The van der Waals surface area contributed by atoms with Crippen LogP contribution < -0.4 is 5.32 Å². The van der Waals surface area contributed by atoms with Crippen LogP contribution in [0, 0.1) is 0 Å². The number of benzene rings is 2. The second-order valence-electron chi connectivity index (χ2n) is 4.41. The molecule has 3 heteroatoms. The van der Waals surface area contributed by atoms with Crippen LogP contribution in [0.2, 0.25) is 0 Å². The summed E-state index contributed by atoms with van der Waals surface area (Å²) in [4.78, 5) is 0. The molecule has 0 saturated heterocycles. The first-order valence-electron chi connectivity index (χ1n) is 6.33. The van der Waals surface area contributed by atoms with E-state index in [4.69, 9.17) is 9.84 Å². The van der Waals surface area contributed by atoms with E-state index in [0.29, 0.717) is 6.61 Å². The third-order valence-electron chi connectivity index (χ3n) is 3.04. The molecular formula is C16H19NO2. The van der Waals surface area contributed by atoms with Gasteiger partial charge in [0.1, 0.15) is 0 Å². The normalized spacial score (nSPS) is 10.4. The smallest absolute Gasteiger partial charge is 0.0716 e.